The summed E-state index contributed by atoms with van der Waals surface area (Å²) in [5.41, 5.74) is 10.8. The summed E-state index contributed by atoms with van der Waals surface area (Å²) in [6, 6.07) is 15.7. The van der Waals surface area contributed by atoms with Crippen LogP contribution in [0, 0.1) is 5.92 Å². The van der Waals surface area contributed by atoms with Crippen molar-refractivity contribution in [3.63, 3.8) is 0 Å². The van der Waals surface area contributed by atoms with Gasteiger partial charge in [-0.15, -0.1) is 0 Å². The van der Waals surface area contributed by atoms with Crippen LogP contribution in [0.15, 0.2) is 77.9 Å². The predicted octanol–water partition coefficient (Wildman–Crippen LogP) is 11.2. The van der Waals surface area contributed by atoms with Crippen molar-refractivity contribution in [1.29, 1.82) is 0 Å². The highest BCUT2D eigenvalue weighted by Crippen LogP contribution is 2.59. The van der Waals surface area contributed by atoms with Gasteiger partial charge in [-0.2, -0.15) is 5.10 Å². The first kappa shape index (κ1) is 32.4. The molecule has 0 amide bonds. The zero-order valence-corrected chi connectivity index (χ0v) is 31.3. The highest BCUT2D eigenvalue weighted by atomic mass is 16.3. The van der Waals surface area contributed by atoms with E-state index in [0.29, 0.717) is 11.8 Å². The maximum atomic E-state index is 6.61. The van der Waals surface area contributed by atoms with Crippen LogP contribution in [0.25, 0.3) is 22.1 Å². The van der Waals surface area contributed by atoms with Gasteiger partial charge in [-0.25, -0.2) is 9.50 Å². The van der Waals surface area contributed by atoms with Crippen molar-refractivity contribution in [2.75, 3.05) is 0 Å². The second-order valence-corrected chi connectivity index (χ2v) is 18.3. The minimum Gasteiger partial charge on any atom is -0.460 e. The SMILES string of the molecule is C[C@@H]1[C@@H](C)c2c(ccn3ccnc23)[C@]1(C)CC[C@]1(C)C[C@@](C)(CCC(C)(C)c2c(C(C)(C)C)oc3ccccc23)c2ccn3nccc3c21. The number of furan rings is 1. The molecule has 2 aliphatic carbocycles. The number of benzene rings is 1. The van der Waals surface area contributed by atoms with E-state index in [1.807, 2.05) is 12.4 Å². The Bertz CT molecular complexity index is 2220. The lowest BCUT2D eigenvalue weighted by molar-refractivity contribution is 0.237. The van der Waals surface area contributed by atoms with Crippen molar-refractivity contribution >= 4 is 22.1 Å². The highest BCUT2D eigenvalue weighted by molar-refractivity contribution is 5.84. The smallest absolute Gasteiger partial charge is 0.140 e. The normalized spacial score (nSPS) is 27.1. The number of rotatable bonds is 7. The fourth-order valence-corrected chi connectivity index (χ4v) is 10.5. The van der Waals surface area contributed by atoms with E-state index >= 15 is 0 Å². The zero-order valence-electron chi connectivity index (χ0n) is 31.3. The Morgan fingerprint density at radius 2 is 1.59 bits per heavy atom. The minimum absolute atomic E-state index is 0.0296. The molecule has 6 aromatic rings. The van der Waals surface area contributed by atoms with Gasteiger partial charge in [0.2, 0.25) is 0 Å². The molecule has 1 aromatic carbocycles. The summed E-state index contributed by atoms with van der Waals surface area (Å²) in [7, 11) is 0. The monoisotopic (exact) mass is 654 g/mol. The number of fused-ring (bicyclic) bond motifs is 7. The maximum Gasteiger partial charge on any atom is 0.140 e. The summed E-state index contributed by atoms with van der Waals surface area (Å²) in [6.07, 6.45) is 16.0. The van der Waals surface area contributed by atoms with E-state index in [0.717, 1.165) is 49.1 Å². The first-order chi connectivity index (χ1) is 23.1. The van der Waals surface area contributed by atoms with E-state index in [2.05, 4.69) is 139 Å². The fourth-order valence-electron chi connectivity index (χ4n) is 10.5. The van der Waals surface area contributed by atoms with Gasteiger partial charge in [0.05, 0.1) is 5.52 Å². The molecule has 49 heavy (non-hydrogen) atoms. The summed E-state index contributed by atoms with van der Waals surface area (Å²) >= 11 is 0. The van der Waals surface area contributed by atoms with Crippen molar-refractivity contribution < 1.29 is 4.42 Å². The molecular formula is C44H54N4O. The van der Waals surface area contributed by atoms with Crippen molar-refractivity contribution in [3.05, 3.63) is 107 Å². The first-order valence-electron chi connectivity index (χ1n) is 18.5. The van der Waals surface area contributed by atoms with Gasteiger partial charge in [0.15, 0.2) is 0 Å². The molecule has 0 saturated carbocycles. The van der Waals surface area contributed by atoms with E-state index in [9.17, 15) is 0 Å². The third-order valence-electron chi connectivity index (χ3n) is 13.5. The lowest BCUT2D eigenvalue weighted by atomic mass is 9.66. The first-order valence-corrected chi connectivity index (χ1v) is 18.5. The van der Waals surface area contributed by atoms with Crippen LogP contribution in [-0.4, -0.2) is 19.0 Å². The molecule has 0 unspecified atom stereocenters. The van der Waals surface area contributed by atoms with Crippen LogP contribution in [0.5, 0.6) is 0 Å². The third kappa shape index (κ3) is 4.70. The molecule has 2 aliphatic rings. The van der Waals surface area contributed by atoms with Crippen LogP contribution in [0.2, 0.25) is 0 Å². The largest absolute Gasteiger partial charge is 0.460 e. The van der Waals surface area contributed by atoms with Gasteiger partial charge in [-0.05, 0) is 107 Å². The molecule has 0 N–H and O–H groups in total. The number of hydrogen-bond acceptors (Lipinski definition) is 3. The second-order valence-electron chi connectivity index (χ2n) is 18.3. The molecule has 5 aromatic heterocycles. The molecule has 5 heterocycles. The second kappa shape index (κ2) is 10.6. The van der Waals surface area contributed by atoms with Gasteiger partial charge in [0, 0.05) is 52.9 Å². The van der Waals surface area contributed by atoms with E-state index in [-0.39, 0.29) is 27.1 Å². The molecular weight excluding hydrogens is 601 g/mol. The summed E-state index contributed by atoms with van der Waals surface area (Å²) in [5.74, 6) is 2.14. The number of aromatic nitrogens is 4. The Hall–Kier alpha value is -3.86. The Kier molecular flexibility index (Phi) is 6.98. The highest BCUT2D eigenvalue weighted by Gasteiger charge is 2.52. The van der Waals surface area contributed by atoms with Crippen molar-refractivity contribution in [1.82, 2.24) is 19.0 Å². The number of nitrogens with zero attached hydrogens (tertiary/aromatic N) is 4. The summed E-state index contributed by atoms with van der Waals surface area (Å²) < 4.78 is 10.9. The van der Waals surface area contributed by atoms with E-state index in [1.54, 1.807) is 0 Å². The molecule has 256 valence electrons. The van der Waals surface area contributed by atoms with Crippen molar-refractivity contribution in [3.8, 4) is 0 Å². The van der Waals surface area contributed by atoms with E-state index in [1.165, 1.54) is 38.7 Å². The standard InChI is InChI=1S/C44H54N4O/c1-28-29(2)44(10,31-16-24-47-26-23-45-39(47)35(28)31)21-20-43(9)27-42(8,32-17-25-48-33(37(32)43)15-22-46-48)19-18-41(6,7)36-30-13-11-12-14-34(30)49-38(36)40(3,4)5/h11-17,22-26,28-29H,18-21,27H2,1-10H3/t28-,29-,42-,43-,44-/m1/s1. The average Bonchev–Trinajstić information content (AvgIpc) is 3.87. The Balaban J connectivity index is 1.15. The Morgan fingerprint density at radius 1 is 0.837 bits per heavy atom. The molecule has 0 bridgehead atoms. The van der Waals surface area contributed by atoms with Crippen LogP contribution >= 0.6 is 0 Å². The van der Waals surface area contributed by atoms with Gasteiger partial charge in [0.25, 0.3) is 0 Å². The molecule has 0 aliphatic heterocycles. The molecule has 5 atom stereocenters. The van der Waals surface area contributed by atoms with Crippen LogP contribution in [0.4, 0.5) is 0 Å². The molecule has 0 fully saturated rings. The fraction of sp³-hybridized carbons (Fsp3) is 0.500. The number of para-hydroxylation sites is 1. The average molecular weight is 655 g/mol. The van der Waals surface area contributed by atoms with Gasteiger partial charge < -0.3 is 8.82 Å². The van der Waals surface area contributed by atoms with Crippen LogP contribution in [-0.2, 0) is 27.1 Å². The minimum atomic E-state index is -0.0748. The van der Waals surface area contributed by atoms with E-state index in [4.69, 9.17) is 14.5 Å². The molecule has 0 radical (unpaired) electrons. The van der Waals surface area contributed by atoms with Gasteiger partial charge in [-0.3, -0.25) is 0 Å². The van der Waals surface area contributed by atoms with Crippen molar-refractivity contribution in [2.45, 2.75) is 134 Å². The molecule has 5 heteroatoms. The Labute approximate surface area is 292 Å². The molecule has 5 nitrogen and oxygen atoms in total. The number of pyridine rings is 2. The lowest BCUT2D eigenvalue weighted by Crippen LogP contribution is -2.32. The topological polar surface area (TPSA) is 47.7 Å². The third-order valence-corrected chi connectivity index (χ3v) is 13.5. The summed E-state index contributed by atoms with van der Waals surface area (Å²) in [4.78, 5) is 4.81. The number of imidazole rings is 1. The van der Waals surface area contributed by atoms with Gasteiger partial charge in [0.1, 0.15) is 17.0 Å². The van der Waals surface area contributed by atoms with Crippen molar-refractivity contribution in [2.24, 2.45) is 5.92 Å². The Morgan fingerprint density at radius 3 is 2.37 bits per heavy atom. The van der Waals surface area contributed by atoms with E-state index < -0.39 is 0 Å². The lowest BCUT2D eigenvalue weighted by Gasteiger charge is -2.38. The van der Waals surface area contributed by atoms with Gasteiger partial charge in [-0.1, -0.05) is 87.4 Å². The van der Waals surface area contributed by atoms with Crippen LogP contribution in [0.1, 0.15) is 141 Å². The quantitative estimate of drug-likeness (QED) is 0.172. The number of hydrogen-bond donors (Lipinski definition) is 0. The van der Waals surface area contributed by atoms with Crippen LogP contribution in [0.3, 0.4) is 0 Å². The molecule has 0 saturated heterocycles. The predicted molar refractivity (Wildman–Crippen MR) is 201 cm³/mol. The van der Waals surface area contributed by atoms with Crippen LogP contribution < -0.4 is 0 Å². The maximum absolute atomic E-state index is 6.61. The van der Waals surface area contributed by atoms with Gasteiger partial charge >= 0.3 is 0 Å². The molecule has 0 spiro atoms. The summed E-state index contributed by atoms with van der Waals surface area (Å²) in [5, 5.41) is 5.98. The molecule has 8 rings (SSSR count). The zero-order chi connectivity index (χ0) is 34.7. The summed E-state index contributed by atoms with van der Waals surface area (Å²) in [6.45, 7) is 24.2.